The molecule has 11 heteroatoms. The van der Waals surface area contributed by atoms with Gasteiger partial charge < -0.3 is 19.9 Å². The summed E-state index contributed by atoms with van der Waals surface area (Å²) in [5.74, 6) is -0.724. The van der Waals surface area contributed by atoms with Crippen LogP contribution in [0.2, 0.25) is 0 Å². The monoisotopic (exact) mass is 443 g/mol. The summed E-state index contributed by atoms with van der Waals surface area (Å²) in [5.41, 5.74) is 0.237. The number of ether oxygens (including phenoxy) is 1. The second kappa shape index (κ2) is 11.5. The van der Waals surface area contributed by atoms with E-state index in [-0.39, 0.29) is 24.5 Å². The lowest BCUT2D eigenvalue weighted by Crippen LogP contribution is -2.23. The highest BCUT2D eigenvalue weighted by Gasteiger charge is 2.13. The molecule has 2 heterocycles. The van der Waals surface area contributed by atoms with Gasteiger partial charge in [0.2, 0.25) is 5.88 Å². The fourth-order valence-corrected chi connectivity index (χ4v) is 4.13. The van der Waals surface area contributed by atoms with E-state index in [4.69, 9.17) is 9.84 Å². The first kappa shape index (κ1) is 22.0. The topological polar surface area (TPSA) is 82.5 Å². The van der Waals surface area contributed by atoms with Gasteiger partial charge in [-0.05, 0) is 19.0 Å². The van der Waals surface area contributed by atoms with Crippen LogP contribution in [-0.4, -0.2) is 58.8 Å². The van der Waals surface area contributed by atoms with E-state index in [9.17, 15) is 8.78 Å². The zero-order chi connectivity index (χ0) is 20.5. The van der Waals surface area contributed by atoms with Crippen LogP contribution in [-0.2, 0) is 5.75 Å². The maximum atomic E-state index is 13.9. The lowest BCUT2D eigenvalue weighted by Gasteiger charge is -2.18. The highest BCUT2D eigenvalue weighted by atomic mass is 32.2. The van der Waals surface area contributed by atoms with Gasteiger partial charge >= 0.3 is 0 Å². The number of thioether (sulfide) groups is 1. The lowest BCUT2D eigenvalue weighted by atomic mass is 10.2. The summed E-state index contributed by atoms with van der Waals surface area (Å²) in [6, 6.07) is 5.72. The Morgan fingerprint density at radius 2 is 2.14 bits per heavy atom. The maximum Gasteiger partial charge on any atom is 0.219 e. The molecule has 0 spiro atoms. The fourth-order valence-electron chi connectivity index (χ4n) is 2.57. The Morgan fingerprint density at radius 1 is 1.24 bits per heavy atom. The van der Waals surface area contributed by atoms with Crippen molar-refractivity contribution in [3.05, 3.63) is 41.5 Å². The summed E-state index contributed by atoms with van der Waals surface area (Å²) in [6.45, 7) is 3.73. The molecule has 0 aliphatic carbocycles. The molecule has 3 rings (SSSR count). The van der Waals surface area contributed by atoms with Crippen LogP contribution in [0.15, 0.2) is 29.4 Å². The van der Waals surface area contributed by atoms with Crippen molar-refractivity contribution in [2.24, 2.45) is 0 Å². The summed E-state index contributed by atoms with van der Waals surface area (Å²) in [5, 5.41) is 12.7. The van der Waals surface area contributed by atoms with Crippen LogP contribution in [0, 0.1) is 11.6 Å². The third-order valence-corrected chi connectivity index (χ3v) is 5.81. The molecule has 158 valence electrons. The molecule has 29 heavy (non-hydrogen) atoms. The van der Waals surface area contributed by atoms with E-state index in [2.05, 4.69) is 24.3 Å². The molecule has 0 radical (unpaired) electrons. The number of nitrogens with one attached hydrogen (secondary N) is 2. The number of aliphatic hydroxyl groups excluding tert-OH is 1. The number of aromatic nitrogens is 2. The van der Waals surface area contributed by atoms with Gasteiger partial charge in [-0.3, -0.25) is 0 Å². The summed E-state index contributed by atoms with van der Waals surface area (Å²) in [7, 11) is 0. The molecule has 1 aromatic carbocycles. The normalized spacial score (nSPS) is 15.1. The summed E-state index contributed by atoms with van der Waals surface area (Å²) in [4.78, 5) is 8.71. The standard InChI is InChI=1S/C18H23F2N5O2S2/c19-14-4-1-3-13(17(14)20)12-28-18-22-15(11-16(23-18)27-10-9-26)24-29-25-7-2-5-21-6-8-25/h1,3-4,11,21,26H,2,5-10,12H2,(H,22,23,24). The van der Waals surface area contributed by atoms with Crippen LogP contribution in [0.4, 0.5) is 14.6 Å². The highest BCUT2D eigenvalue weighted by Crippen LogP contribution is 2.27. The zero-order valence-electron chi connectivity index (χ0n) is 15.7. The Balaban J connectivity index is 1.68. The predicted octanol–water partition coefficient (Wildman–Crippen LogP) is 2.69. The van der Waals surface area contributed by atoms with Gasteiger partial charge in [0.05, 0.1) is 6.61 Å². The van der Waals surface area contributed by atoms with E-state index in [1.165, 1.54) is 36.0 Å². The van der Waals surface area contributed by atoms with Crippen molar-refractivity contribution in [3.8, 4) is 5.88 Å². The molecule has 0 unspecified atom stereocenters. The molecule has 0 saturated carbocycles. The van der Waals surface area contributed by atoms with Crippen LogP contribution in [0.25, 0.3) is 0 Å². The molecule has 2 aromatic rings. The number of anilines is 1. The van der Waals surface area contributed by atoms with Crippen LogP contribution in [0.1, 0.15) is 12.0 Å². The quantitative estimate of drug-likeness (QED) is 0.308. The van der Waals surface area contributed by atoms with Crippen LogP contribution in [0.5, 0.6) is 5.88 Å². The molecule has 0 amide bonds. The minimum atomic E-state index is -0.880. The van der Waals surface area contributed by atoms with E-state index in [1.54, 1.807) is 6.07 Å². The van der Waals surface area contributed by atoms with Gasteiger partial charge in [-0.25, -0.2) is 18.1 Å². The Morgan fingerprint density at radius 3 is 3.00 bits per heavy atom. The molecule has 0 bridgehead atoms. The van der Waals surface area contributed by atoms with Crippen LogP contribution >= 0.6 is 23.9 Å². The average molecular weight is 444 g/mol. The van der Waals surface area contributed by atoms with Gasteiger partial charge in [-0.1, -0.05) is 23.9 Å². The van der Waals surface area contributed by atoms with Gasteiger partial charge in [0.15, 0.2) is 16.8 Å². The smallest absolute Gasteiger partial charge is 0.219 e. The molecule has 7 nitrogen and oxygen atoms in total. The van der Waals surface area contributed by atoms with Crippen LogP contribution < -0.4 is 14.8 Å². The molecule has 0 atom stereocenters. The molecule has 1 saturated heterocycles. The van der Waals surface area contributed by atoms with Gasteiger partial charge in [0.25, 0.3) is 0 Å². The van der Waals surface area contributed by atoms with E-state index in [0.29, 0.717) is 16.9 Å². The predicted molar refractivity (Wildman–Crippen MR) is 111 cm³/mol. The van der Waals surface area contributed by atoms with Crippen LogP contribution in [0.3, 0.4) is 0 Å². The fraction of sp³-hybridized carbons (Fsp3) is 0.444. The van der Waals surface area contributed by atoms with Crippen molar-refractivity contribution in [1.82, 2.24) is 19.6 Å². The largest absolute Gasteiger partial charge is 0.475 e. The van der Waals surface area contributed by atoms with Gasteiger partial charge in [-0.15, -0.1) is 0 Å². The molecular formula is C18H23F2N5O2S2. The summed E-state index contributed by atoms with van der Waals surface area (Å²) < 4.78 is 38.1. The van der Waals surface area contributed by atoms with Gasteiger partial charge in [0, 0.05) is 49.2 Å². The van der Waals surface area contributed by atoms with E-state index >= 15 is 0 Å². The van der Waals surface area contributed by atoms with Crippen molar-refractivity contribution in [2.75, 3.05) is 44.1 Å². The Bertz CT molecular complexity index is 795. The highest BCUT2D eigenvalue weighted by molar-refractivity contribution is 7.98. The van der Waals surface area contributed by atoms with Crippen molar-refractivity contribution in [1.29, 1.82) is 0 Å². The summed E-state index contributed by atoms with van der Waals surface area (Å²) >= 11 is 2.63. The first-order valence-electron chi connectivity index (χ1n) is 9.23. The first-order valence-corrected chi connectivity index (χ1v) is 11.0. The average Bonchev–Trinajstić information content (AvgIpc) is 3.01. The molecule has 1 fully saturated rings. The minimum Gasteiger partial charge on any atom is -0.475 e. The Labute approximate surface area is 176 Å². The number of halogens is 2. The van der Waals surface area contributed by atoms with E-state index < -0.39 is 11.6 Å². The molecule has 3 N–H and O–H groups in total. The molecule has 1 aliphatic heterocycles. The van der Waals surface area contributed by atoms with Crippen molar-refractivity contribution < 1.29 is 18.6 Å². The zero-order valence-corrected chi connectivity index (χ0v) is 17.4. The van der Waals surface area contributed by atoms with E-state index in [1.807, 2.05) is 0 Å². The SMILES string of the molecule is OCCOc1cc(NSN2CCCNCC2)nc(SCc2cccc(F)c2F)n1. The lowest BCUT2D eigenvalue weighted by molar-refractivity contribution is 0.195. The third-order valence-electron chi connectivity index (χ3n) is 3.99. The van der Waals surface area contributed by atoms with Crippen molar-refractivity contribution >= 4 is 29.7 Å². The number of benzene rings is 1. The number of aliphatic hydroxyl groups is 1. The van der Waals surface area contributed by atoms with Crippen molar-refractivity contribution in [2.45, 2.75) is 17.3 Å². The summed E-state index contributed by atoms with van der Waals surface area (Å²) in [6.07, 6.45) is 1.06. The minimum absolute atomic E-state index is 0.101. The number of rotatable bonds is 9. The van der Waals surface area contributed by atoms with Gasteiger partial charge in [0.1, 0.15) is 12.4 Å². The Hall–Kier alpha value is -1.66. The molecular weight excluding hydrogens is 420 g/mol. The second-order valence-electron chi connectivity index (χ2n) is 6.17. The van der Waals surface area contributed by atoms with Crippen molar-refractivity contribution in [3.63, 3.8) is 0 Å². The number of nitrogens with zero attached hydrogens (tertiary/aromatic N) is 3. The third kappa shape index (κ3) is 6.96. The Kier molecular flexibility index (Phi) is 8.74. The number of hydrogen-bond acceptors (Lipinski definition) is 9. The first-order chi connectivity index (χ1) is 14.2. The number of hydrogen-bond donors (Lipinski definition) is 3. The van der Waals surface area contributed by atoms with E-state index in [0.717, 1.165) is 38.7 Å². The maximum absolute atomic E-state index is 13.9. The molecule has 1 aromatic heterocycles. The molecule has 1 aliphatic rings. The van der Waals surface area contributed by atoms with Gasteiger partial charge in [-0.2, -0.15) is 4.98 Å². The second-order valence-corrected chi connectivity index (χ2v) is 8.02.